The molecule has 0 spiro atoms. The highest BCUT2D eigenvalue weighted by Crippen LogP contribution is 2.39. The topological polar surface area (TPSA) is 86.6 Å². The zero-order valence-electron chi connectivity index (χ0n) is 5.93. The first-order valence-corrected chi connectivity index (χ1v) is 6.76. The van der Waals surface area contributed by atoms with E-state index >= 15 is 0 Å². The van der Waals surface area contributed by atoms with Crippen molar-refractivity contribution in [1.29, 1.82) is 0 Å². The van der Waals surface area contributed by atoms with E-state index in [4.69, 9.17) is 9.79 Å². The van der Waals surface area contributed by atoms with Gasteiger partial charge in [-0.2, -0.15) is 0 Å². The summed E-state index contributed by atoms with van der Waals surface area (Å²) < 4.78 is 0. The smallest absolute Gasteiger partial charge is 0.239 e. The lowest BCUT2D eigenvalue weighted by Crippen LogP contribution is -2.18. The van der Waals surface area contributed by atoms with Crippen LogP contribution in [0.3, 0.4) is 0 Å². The average molecular weight is 229 g/mol. The summed E-state index contributed by atoms with van der Waals surface area (Å²) in [5, 5.41) is 2.14. The maximum atomic E-state index is 10.1. The Kier molecular flexibility index (Phi) is 4.96. The van der Waals surface area contributed by atoms with Gasteiger partial charge in [-0.25, -0.2) is 0 Å². The number of rotatable bonds is 0. The number of carbonyl (C=O) groups is 2. The van der Waals surface area contributed by atoms with Gasteiger partial charge in [0.2, 0.25) is 17.5 Å². The molecule has 0 saturated carbocycles. The second-order valence-electron chi connectivity index (χ2n) is 1.98. The number of carbonyl (C=O) groups excluding carboxylic acids is 2. The number of nitrogens with one attached hydrogen (secondary N) is 1. The molecule has 3 N–H and O–H groups in total. The fraction of sp³-hybridized carbons (Fsp3) is 0.500. The molecule has 0 bridgehead atoms. The molecule has 0 radical (unpaired) electrons. The Hall–Kier alpha value is 0.0600. The second kappa shape index (κ2) is 4.94. The van der Waals surface area contributed by atoms with Gasteiger partial charge in [-0.3, -0.25) is 14.9 Å². The number of thiol groups is 1. The van der Waals surface area contributed by atoms with Crippen LogP contribution in [0.4, 0.5) is 0 Å². The second-order valence-corrected chi connectivity index (χ2v) is 7.02. The molecule has 1 fully saturated rings. The summed E-state index contributed by atoms with van der Waals surface area (Å²) in [6.45, 7) is 0. The molecule has 1 saturated heterocycles. The van der Waals surface area contributed by atoms with E-state index < -0.39 is 5.69 Å². The summed E-state index contributed by atoms with van der Waals surface area (Å²) in [6, 6.07) is 0. The van der Waals surface area contributed by atoms with Gasteiger partial charge in [0.05, 0.1) is 0 Å². The third-order valence-corrected chi connectivity index (χ3v) is 0.858. The first-order chi connectivity index (χ1) is 5.29. The molecule has 8 heteroatoms. The van der Waals surface area contributed by atoms with Crippen molar-refractivity contribution in [3.8, 4) is 0 Å². The van der Waals surface area contributed by atoms with E-state index in [0.29, 0.717) is 12.8 Å². The number of hydrogen-bond donors (Lipinski definition) is 4. The maximum absolute atomic E-state index is 10.1. The molecule has 1 heterocycles. The van der Waals surface area contributed by atoms with Crippen LogP contribution in [-0.2, 0) is 21.4 Å². The third kappa shape index (κ3) is 10.1. The van der Waals surface area contributed by atoms with Crippen LogP contribution in [0.15, 0.2) is 0 Å². The van der Waals surface area contributed by atoms with Crippen molar-refractivity contribution in [2.24, 2.45) is 0 Å². The Labute approximate surface area is 79.5 Å². The Morgan fingerprint density at radius 1 is 1.33 bits per heavy atom. The minimum absolute atomic E-state index is 0.148. The van der Waals surface area contributed by atoms with E-state index in [0.717, 1.165) is 0 Å². The summed E-state index contributed by atoms with van der Waals surface area (Å²) >= 11 is 7.07. The molecular weight excluding hydrogens is 221 g/mol. The van der Waals surface area contributed by atoms with Gasteiger partial charge in [-0.1, -0.05) is 12.2 Å². The minimum atomic E-state index is -3.11. The van der Waals surface area contributed by atoms with Crippen molar-refractivity contribution in [3.63, 3.8) is 0 Å². The molecule has 70 valence electrons. The zero-order chi connectivity index (χ0) is 9.78. The fourth-order valence-electron chi connectivity index (χ4n) is 0.508. The molecule has 0 aliphatic carbocycles. The summed E-state index contributed by atoms with van der Waals surface area (Å²) in [5.41, 5.74) is -3.11. The maximum Gasteiger partial charge on any atom is 0.239 e. The highest BCUT2D eigenvalue weighted by Gasteiger charge is 2.15. The van der Waals surface area contributed by atoms with Crippen molar-refractivity contribution < 1.29 is 19.4 Å². The van der Waals surface area contributed by atoms with E-state index in [9.17, 15) is 9.59 Å². The van der Waals surface area contributed by atoms with Crippen molar-refractivity contribution >= 4 is 41.6 Å². The summed E-state index contributed by atoms with van der Waals surface area (Å²) in [4.78, 5) is 36.0. The van der Waals surface area contributed by atoms with E-state index in [1.165, 1.54) is 0 Å². The van der Waals surface area contributed by atoms with Gasteiger partial charge in [0, 0.05) is 12.8 Å². The van der Waals surface area contributed by atoms with Crippen molar-refractivity contribution in [2.75, 3.05) is 0 Å². The number of hydrogen-bond acceptors (Lipinski definition) is 3. The van der Waals surface area contributed by atoms with Gasteiger partial charge in [0.25, 0.3) is 0 Å². The molecule has 0 atom stereocenters. The van der Waals surface area contributed by atoms with E-state index in [-0.39, 0.29) is 11.8 Å². The van der Waals surface area contributed by atoms with Crippen LogP contribution in [0.2, 0.25) is 0 Å². The first-order valence-electron chi connectivity index (χ1n) is 2.90. The molecule has 0 aromatic rings. The predicted octanol–water partition coefficient (Wildman–Crippen LogP) is -0.452. The molecule has 2 amide bonds. The first kappa shape index (κ1) is 12.1. The van der Waals surface area contributed by atoms with Crippen LogP contribution in [0.25, 0.3) is 0 Å². The third-order valence-electron chi connectivity index (χ3n) is 0.858. The van der Waals surface area contributed by atoms with Gasteiger partial charge in [0.15, 0.2) is 0 Å². The van der Waals surface area contributed by atoms with Crippen LogP contribution in [0.5, 0.6) is 0 Å². The van der Waals surface area contributed by atoms with Crippen molar-refractivity contribution in [1.82, 2.24) is 5.32 Å². The molecule has 5 nitrogen and oxygen atoms in total. The quantitative estimate of drug-likeness (QED) is 0.257. The molecule has 0 aromatic heterocycles. The lowest BCUT2D eigenvalue weighted by Gasteiger charge is -1.88. The minimum Gasteiger partial charge on any atom is -0.338 e. The van der Waals surface area contributed by atoms with E-state index in [1.807, 2.05) is 0 Å². The van der Waals surface area contributed by atoms with E-state index in [2.05, 4.69) is 29.4 Å². The van der Waals surface area contributed by atoms with Crippen LogP contribution < -0.4 is 5.32 Å². The molecular formula is C4H8NO4PS2. The van der Waals surface area contributed by atoms with Gasteiger partial charge in [-0.15, -0.1) is 0 Å². The van der Waals surface area contributed by atoms with Gasteiger partial charge >= 0.3 is 0 Å². The molecule has 1 rings (SSSR count). The summed E-state index contributed by atoms with van der Waals surface area (Å²) in [6.07, 6.45) is 0.748. The lowest BCUT2D eigenvalue weighted by atomic mass is 10.4. The Morgan fingerprint density at radius 3 is 1.67 bits per heavy atom. The number of amides is 2. The van der Waals surface area contributed by atoms with Crippen LogP contribution >= 0.6 is 17.9 Å². The standard InChI is InChI=1S/C4H5NO2.H3O2PS2/c6-3-1-2-4(7)5-3;1-3(2,4)5/h1-2H2,(H,5,6,7);(H3,1,2,4,5). The summed E-state index contributed by atoms with van der Waals surface area (Å²) in [7, 11) is 0. The Balaban J connectivity index is 0.000000217. The molecule has 12 heavy (non-hydrogen) atoms. The molecule has 0 unspecified atom stereocenters. The Morgan fingerprint density at radius 2 is 1.58 bits per heavy atom. The SMILES string of the molecule is O=C1CCC(=O)N1.OP(O)(=S)S. The highest BCUT2D eigenvalue weighted by atomic mass is 32.9. The van der Waals surface area contributed by atoms with Gasteiger partial charge < -0.3 is 9.79 Å². The van der Waals surface area contributed by atoms with Crippen LogP contribution in [0.1, 0.15) is 12.8 Å². The summed E-state index contributed by atoms with van der Waals surface area (Å²) in [5.74, 6) is -0.296. The lowest BCUT2D eigenvalue weighted by molar-refractivity contribution is -0.124. The number of imide groups is 1. The zero-order valence-corrected chi connectivity index (χ0v) is 8.53. The van der Waals surface area contributed by atoms with Crippen molar-refractivity contribution in [3.05, 3.63) is 0 Å². The van der Waals surface area contributed by atoms with Crippen LogP contribution in [-0.4, -0.2) is 21.6 Å². The van der Waals surface area contributed by atoms with Gasteiger partial charge in [-0.05, 0) is 11.8 Å². The monoisotopic (exact) mass is 229 g/mol. The van der Waals surface area contributed by atoms with Crippen molar-refractivity contribution in [2.45, 2.75) is 12.8 Å². The Bertz CT molecular complexity index is 215. The largest absolute Gasteiger partial charge is 0.338 e. The molecule has 1 aliphatic rings. The fourth-order valence-corrected chi connectivity index (χ4v) is 0.508. The van der Waals surface area contributed by atoms with Crippen LogP contribution in [0, 0.1) is 0 Å². The normalized spacial score (nSPS) is 16.6. The van der Waals surface area contributed by atoms with E-state index in [1.54, 1.807) is 0 Å². The molecule has 1 aliphatic heterocycles. The molecule has 0 aromatic carbocycles. The highest BCUT2D eigenvalue weighted by molar-refractivity contribution is 8.59. The predicted molar refractivity (Wildman–Crippen MR) is 50.1 cm³/mol. The van der Waals surface area contributed by atoms with Gasteiger partial charge in [0.1, 0.15) is 0 Å². The average Bonchev–Trinajstić information content (AvgIpc) is 2.09.